The minimum absolute atomic E-state index is 0.0172. The molecular formula is C22H22ClFN8O2. The van der Waals surface area contributed by atoms with Gasteiger partial charge in [-0.2, -0.15) is 5.10 Å². The van der Waals surface area contributed by atoms with E-state index in [1.165, 1.54) is 10.7 Å². The fraction of sp³-hybridized carbons (Fsp3) is 0.227. The Morgan fingerprint density at radius 2 is 1.85 bits per heavy atom. The highest BCUT2D eigenvalue weighted by Gasteiger charge is 2.36. The van der Waals surface area contributed by atoms with Crippen LogP contribution < -0.4 is 16.4 Å². The molecule has 0 fully saturated rings. The largest absolute Gasteiger partial charge is 0.465 e. The monoisotopic (exact) mass is 484 g/mol. The van der Waals surface area contributed by atoms with Crippen LogP contribution in [0.1, 0.15) is 19.4 Å². The van der Waals surface area contributed by atoms with Crippen LogP contribution in [0.3, 0.4) is 0 Å². The Balaban J connectivity index is 1.84. The number of benzene rings is 1. The number of halogens is 2. The third kappa shape index (κ3) is 4.05. The molecule has 0 aliphatic carbocycles. The van der Waals surface area contributed by atoms with Crippen LogP contribution in [-0.2, 0) is 6.54 Å². The van der Waals surface area contributed by atoms with Gasteiger partial charge in [-0.15, -0.1) is 11.6 Å². The quantitative estimate of drug-likeness (QED) is 0.350. The zero-order valence-corrected chi connectivity index (χ0v) is 19.2. The van der Waals surface area contributed by atoms with Gasteiger partial charge in [-0.25, -0.2) is 28.8 Å². The predicted molar refractivity (Wildman–Crippen MR) is 128 cm³/mol. The van der Waals surface area contributed by atoms with Gasteiger partial charge >= 0.3 is 6.09 Å². The van der Waals surface area contributed by atoms with Crippen molar-refractivity contribution in [2.24, 2.45) is 0 Å². The van der Waals surface area contributed by atoms with Crippen LogP contribution in [0.2, 0.25) is 0 Å². The minimum Gasteiger partial charge on any atom is -0.465 e. The molecule has 0 atom stereocenters. The summed E-state index contributed by atoms with van der Waals surface area (Å²) in [6, 6.07) is 9.86. The zero-order valence-electron chi connectivity index (χ0n) is 18.4. The Bertz CT molecular complexity index is 1370. The number of amides is 1. The molecule has 3 aromatic heterocycles. The molecule has 12 heteroatoms. The molecule has 0 saturated carbocycles. The number of nitrogens with zero attached hydrogens (tertiary/aromatic N) is 6. The van der Waals surface area contributed by atoms with Crippen LogP contribution in [0, 0.1) is 5.82 Å². The maximum atomic E-state index is 14.2. The summed E-state index contributed by atoms with van der Waals surface area (Å²) in [5.41, 5.74) is 12.5. The lowest BCUT2D eigenvalue weighted by molar-refractivity contribution is 0.196. The fourth-order valence-electron chi connectivity index (χ4n) is 3.62. The van der Waals surface area contributed by atoms with E-state index >= 15 is 0 Å². The molecular weight excluding hydrogens is 463 g/mol. The van der Waals surface area contributed by atoms with E-state index in [-0.39, 0.29) is 41.4 Å². The molecule has 4 aromatic rings. The van der Waals surface area contributed by atoms with E-state index in [4.69, 9.17) is 23.1 Å². The van der Waals surface area contributed by atoms with E-state index in [9.17, 15) is 14.3 Å². The normalized spacial score (nSPS) is 11.6. The van der Waals surface area contributed by atoms with Crippen molar-refractivity contribution >= 4 is 46.1 Å². The average molecular weight is 485 g/mol. The summed E-state index contributed by atoms with van der Waals surface area (Å²) in [5.74, 6) is -0.601. The van der Waals surface area contributed by atoms with Crippen molar-refractivity contribution < 1.29 is 14.3 Å². The second-order valence-electron chi connectivity index (χ2n) is 8.20. The number of carboxylic acid groups (broad SMARTS) is 1. The van der Waals surface area contributed by atoms with Crippen LogP contribution in [-0.4, -0.2) is 47.4 Å². The maximum absolute atomic E-state index is 14.2. The molecule has 4 rings (SSSR count). The first-order chi connectivity index (χ1) is 16.1. The summed E-state index contributed by atoms with van der Waals surface area (Å²) in [6.07, 6.45) is 0.293. The van der Waals surface area contributed by atoms with Crippen LogP contribution >= 0.6 is 11.6 Å². The number of fused-ring (bicyclic) bond motifs is 1. The van der Waals surface area contributed by atoms with Crippen LogP contribution in [0.15, 0.2) is 42.6 Å². The van der Waals surface area contributed by atoms with Gasteiger partial charge < -0.3 is 16.6 Å². The van der Waals surface area contributed by atoms with E-state index in [1.54, 1.807) is 50.4 Å². The average Bonchev–Trinajstić information content (AvgIpc) is 3.15. The van der Waals surface area contributed by atoms with Gasteiger partial charge in [-0.1, -0.05) is 18.2 Å². The van der Waals surface area contributed by atoms with Gasteiger partial charge in [0, 0.05) is 17.6 Å². The zero-order chi connectivity index (χ0) is 24.6. The van der Waals surface area contributed by atoms with Gasteiger partial charge in [-0.3, -0.25) is 4.90 Å². The van der Waals surface area contributed by atoms with Crippen LogP contribution in [0.4, 0.5) is 26.5 Å². The van der Waals surface area contributed by atoms with Gasteiger partial charge in [0.1, 0.15) is 17.2 Å². The highest BCUT2D eigenvalue weighted by atomic mass is 35.5. The summed E-state index contributed by atoms with van der Waals surface area (Å²) in [6.45, 7) is 3.38. The number of nitrogens with two attached hydrogens (primary N) is 2. The Hall–Kier alpha value is -3.99. The minimum atomic E-state index is -1.30. The van der Waals surface area contributed by atoms with Gasteiger partial charge in [-0.05, 0) is 32.0 Å². The van der Waals surface area contributed by atoms with E-state index < -0.39 is 11.6 Å². The molecule has 0 radical (unpaired) electrons. The molecule has 1 aromatic carbocycles. The first-order valence-electron chi connectivity index (χ1n) is 10.2. The Labute approximate surface area is 199 Å². The van der Waals surface area contributed by atoms with Crippen molar-refractivity contribution in [2.75, 3.05) is 22.2 Å². The number of rotatable bonds is 6. The molecule has 176 valence electrons. The smallest absolute Gasteiger partial charge is 0.412 e. The van der Waals surface area contributed by atoms with Crippen molar-refractivity contribution in [3.05, 3.63) is 54.0 Å². The molecule has 0 saturated heterocycles. The number of anilines is 3. The highest BCUT2D eigenvalue weighted by Crippen LogP contribution is 2.36. The molecule has 10 nitrogen and oxygen atoms in total. The molecule has 1 amide bonds. The summed E-state index contributed by atoms with van der Waals surface area (Å²) in [4.78, 5) is 25.9. The molecule has 5 N–H and O–H groups in total. The first-order valence-corrected chi connectivity index (χ1v) is 10.7. The van der Waals surface area contributed by atoms with E-state index in [0.717, 1.165) is 4.90 Å². The highest BCUT2D eigenvalue weighted by molar-refractivity contribution is 6.19. The van der Waals surface area contributed by atoms with Crippen molar-refractivity contribution in [1.29, 1.82) is 0 Å². The molecule has 0 spiro atoms. The fourth-order valence-corrected chi connectivity index (χ4v) is 3.73. The van der Waals surface area contributed by atoms with Crippen molar-refractivity contribution in [1.82, 2.24) is 24.7 Å². The van der Waals surface area contributed by atoms with Crippen LogP contribution in [0.25, 0.3) is 22.6 Å². The van der Waals surface area contributed by atoms with E-state index in [1.807, 2.05) is 0 Å². The Kier molecular flexibility index (Phi) is 5.96. The van der Waals surface area contributed by atoms with Gasteiger partial charge in [0.2, 0.25) is 0 Å². The number of hydrogen-bond donors (Lipinski definition) is 3. The molecule has 0 unspecified atom stereocenters. The second-order valence-corrected chi connectivity index (χ2v) is 8.47. The number of pyridine rings is 1. The van der Waals surface area contributed by atoms with Gasteiger partial charge in [0.15, 0.2) is 23.1 Å². The third-order valence-electron chi connectivity index (χ3n) is 5.28. The van der Waals surface area contributed by atoms with Crippen molar-refractivity contribution in [3.63, 3.8) is 0 Å². The second kappa shape index (κ2) is 8.75. The number of hydrogen-bond acceptors (Lipinski definition) is 7. The molecule has 0 aliphatic rings. The summed E-state index contributed by atoms with van der Waals surface area (Å²) in [7, 11) is 0. The van der Waals surface area contributed by atoms with Gasteiger partial charge in [0.05, 0.1) is 17.5 Å². The number of alkyl halides is 1. The topological polar surface area (TPSA) is 149 Å². The maximum Gasteiger partial charge on any atom is 0.412 e. The molecule has 34 heavy (non-hydrogen) atoms. The SMILES string of the molecule is CC(C)(CCl)N(C(=O)O)c1c(N)nc(-c2nn(Cc3ccccc3F)c3ncccc23)nc1N. The standard InChI is InChI=1S/C22H22ClFN8O2/c1-22(2,11-23)32(21(33)34)16-17(25)28-19(29-18(16)26)15-13-7-5-9-27-20(13)31(30-15)10-12-6-3-4-8-14(12)24/h3-9H,10-11H2,1-2H3,(H,33,34)(H4,25,26,28,29). The van der Waals surface area contributed by atoms with Crippen molar-refractivity contribution in [3.8, 4) is 11.5 Å². The lowest BCUT2D eigenvalue weighted by atomic mass is 10.1. The molecule has 0 bridgehead atoms. The third-order valence-corrected chi connectivity index (χ3v) is 5.94. The van der Waals surface area contributed by atoms with Crippen LogP contribution in [0.5, 0.6) is 0 Å². The molecule has 0 aliphatic heterocycles. The number of nitrogen functional groups attached to an aromatic ring is 2. The predicted octanol–water partition coefficient (Wildman–Crippen LogP) is 3.74. The Morgan fingerprint density at radius 3 is 2.47 bits per heavy atom. The lowest BCUT2D eigenvalue weighted by Crippen LogP contribution is -2.49. The number of carbonyl (C=O) groups is 1. The number of aromatic nitrogens is 5. The lowest BCUT2D eigenvalue weighted by Gasteiger charge is -2.35. The van der Waals surface area contributed by atoms with Crippen molar-refractivity contribution in [2.45, 2.75) is 25.9 Å². The van der Waals surface area contributed by atoms with E-state index in [2.05, 4.69) is 20.1 Å². The summed E-state index contributed by atoms with van der Waals surface area (Å²) in [5, 5.41) is 14.9. The first kappa shape index (κ1) is 23.2. The summed E-state index contributed by atoms with van der Waals surface area (Å²) >= 11 is 5.99. The summed E-state index contributed by atoms with van der Waals surface area (Å²) < 4.78 is 15.8. The van der Waals surface area contributed by atoms with Gasteiger partial charge in [0.25, 0.3) is 0 Å². The molecule has 3 heterocycles. The Morgan fingerprint density at radius 1 is 1.18 bits per heavy atom. The van der Waals surface area contributed by atoms with E-state index in [0.29, 0.717) is 22.3 Å².